The number of aromatic hydroxyl groups is 1. The van der Waals surface area contributed by atoms with Gasteiger partial charge in [0.15, 0.2) is 0 Å². The molecule has 4 heteroatoms. The van der Waals surface area contributed by atoms with Crippen molar-refractivity contribution in [2.24, 2.45) is 5.92 Å². The standard InChI is InChI=1S/C14H19NO3/c16-11-5-3-4-10(8-11)9-15-14(18)12-6-1-2-7-13(12)17/h1-2,6-7,10-11,16-17H,3-5,8-9H2,(H,15,18). The number of rotatable bonds is 3. The van der Waals surface area contributed by atoms with E-state index in [1.165, 1.54) is 6.07 Å². The third-order valence-electron chi connectivity index (χ3n) is 3.46. The molecule has 1 fully saturated rings. The molecule has 1 aromatic carbocycles. The van der Waals surface area contributed by atoms with Crippen molar-refractivity contribution < 1.29 is 15.0 Å². The molecule has 0 spiro atoms. The van der Waals surface area contributed by atoms with E-state index in [0.717, 1.165) is 25.7 Å². The van der Waals surface area contributed by atoms with Crippen LogP contribution in [-0.4, -0.2) is 28.8 Å². The third-order valence-corrected chi connectivity index (χ3v) is 3.46. The molecule has 1 aliphatic rings. The fourth-order valence-electron chi connectivity index (χ4n) is 2.45. The molecule has 1 amide bonds. The van der Waals surface area contributed by atoms with Gasteiger partial charge in [0.25, 0.3) is 5.91 Å². The maximum atomic E-state index is 11.9. The second kappa shape index (κ2) is 5.87. The van der Waals surface area contributed by atoms with Crippen LogP contribution in [0.2, 0.25) is 0 Å². The molecule has 2 atom stereocenters. The van der Waals surface area contributed by atoms with Crippen molar-refractivity contribution in [2.45, 2.75) is 31.8 Å². The molecular formula is C14H19NO3. The Morgan fingerprint density at radius 3 is 2.83 bits per heavy atom. The van der Waals surface area contributed by atoms with E-state index in [0.29, 0.717) is 18.0 Å². The maximum absolute atomic E-state index is 11.9. The SMILES string of the molecule is O=C(NCC1CCCC(O)C1)c1ccccc1O. The summed E-state index contributed by atoms with van der Waals surface area (Å²) in [5, 5.41) is 21.9. The van der Waals surface area contributed by atoms with Gasteiger partial charge in [-0.15, -0.1) is 0 Å². The van der Waals surface area contributed by atoms with Crippen molar-refractivity contribution in [1.29, 1.82) is 0 Å². The largest absolute Gasteiger partial charge is 0.507 e. The van der Waals surface area contributed by atoms with Crippen LogP contribution in [0.15, 0.2) is 24.3 Å². The monoisotopic (exact) mass is 249 g/mol. The van der Waals surface area contributed by atoms with Gasteiger partial charge in [-0.2, -0.15) is 0 Å². The highest BCUT2D eigenvalue weighted by Gasteiger charge is 2.21. The first-order chi connectivity index (χ1) is 8.66. The van der Waals surface area contributed by atoms with Crippen LogP contribution in [0.5, 0.6) is 5.75 Å². The van der Waals surface area contributed by atoms with Gasteiger partial charge in [0.1, 0.15) is 5.75 Å². The van der Waals surface area contributed by atoms with Gasteiger partial charge in [-0.25, -0.2) is 0 Å². The molecule has 18 heavy (non-hydrogen) atoms. The van der Waals surface area contributed by atoms with Crippen LogP contribution in [-0.2, 0) is 0 Å². The molecule has 0 aliphatic heterocycles. The topological polar surface area (TPSA) is 69.6 Å². The number of phenols is 1. The van der Waals surface area contributed by atoms with E-state index in [1.54, 1.807) is 18.2 Å². The molecule has 1 aliphatic carbocycles. The van der Waals surface area contributed by atoms with E-state index in [2.05, 4.69) is 5.32 Å². The molecule has 0 bridgehead atoms. The number of benzene rings is 1. The van der Waals surface area contributed by atoms with Crippen LogP contribution in [0.3, 0.4) is 0 Å². The van der Waals surface area contributed by atoms with Crippen LogP contribution in [0, 0.1) is 5.92 Å². The number of carbonyl (C=O) groups is 1. The van der Waals surface area contributed by atoms with Gasteiger partial charge in [0.2, 0.25) is 0 Å². The minimum atomic E-state index is -0.256. The number of aliphatic hydroxyl groups excluding tert-OH is 1. The van der Waals surface area contributed by atoms with Crippen LogP contribution >= 0.6 is 0 Å². The third kappa shape index (κ3) is 3.23. The molecule has 1 saturated carbocycles. The van der Waals surface area contributed by atoms with Crippen molar-refractivity contribution in [3.8, 4) is 5.75 Å². The Hall–Kier alpha value is -1.55. The Morgan fingerprint density at radius 2 is 2.11 bits per heavy atom. The lowest BCUT2D eigenvalue weighted by molar-refractivity contribution is 0.0872. The lowest BCUT2D eigenvalue weighted by Gasteiger charge is -2.25. The molecule has 2 rings (SSSR count). The first-order valence-corrected chi connectivity index (χ1v) is 6.41. The molecule has 1 aromatic rings. The fraction of sp³-hybridized carbons (Fsp3) is 0.500. The first kappa shape index (κ1) is 12.9. The zero-order valence-electron chi connectivity index (χ0n) is 10.3. The molecule has 98 valence electrons. The molecule has 0 radical (unpaired) electrons. The summed E-state index contributed by atoms with van der Waals surface area (Å²) in [6, 6.07) is 6.50. The second-order valence-electron chi connectivity index (χ2n) is 4.91. The highest BCUT2D eigenvalue weighted by molar-refractivity contribution is 5.96. The zero-order valence-corrected chi connectivity index (χ0v) is 10.3. The van der Waals surface area contributed by atoms with Crippen LogP contribution < -0.4 is 5.32 Å². The molecule has 3 N–H and O–H groups in total. The highest BCUT2D eigenvalue weighted by atomic mass is 16.3. The summed E-state index contributed by atoms with van der Waals surface area (Å²) in [4.78, 5) is 11.9. The number of phenolic OH excluding ortho intramolecular Hbond substituents is 1. The Kier molecular flexibility index (Phi) is 4.20. The van der Waals surface area contributed by atoms with Gasteiger partial charge in [-0.1, -0.05) is 18.6 Å². The van der Waals surface area contributed by atoms with Crippen molar-refractivity contribution >= 4 is 5.91 Å². The van der Waals surface area contributed by atoms with Gasteiger partial charge >= 0.3 is 0 Å². The van der Waals surface area contributed by atoms with Gasteiger partial charge in [0.05, 0.1) is 11.7 Å². The predicted octanol–water partition coefficient (Wildman–Crippen LogP) is 1.67. The number of hydrogen-bond acceptors (Lipinski definition) is 3. The maximum Gasteiger partial charge on any atom is 0.255 e. The average molecular weight is 249 g/mol. The highest BCUT2D eigenvalue weighted by Crippen LogP contribution is 2.23. The summed E-state index contributed by atoms with van der Waals surface area (Å²) in [6.07, 6.45) is 3.44. The fourth-order valence-corrected chi connectivity index (χ4v) is 2.45. The number of hydrogen-bond donors (Lipinski definition) is 3. The zero-order chi connectivity index (χ0) is 13.0. The van der Waals surface area contributed by atoms with Gasteiger partial charge in [0, 0.05) is 6.54 Å². The Balaban J connectivity index is 1.87. The van der Waals surface area contributed by atoms with Gasteiger partial charge in [-0.3, -0.25) is 4.79 Å². The number of carbonyl (C=O) groups excluding carboxylic acids is 1. The number of amides is 1. The van der Waals surface area contributed by atoms with Crippen LogP contribution in [0.4, 0.5) is 0 Å². The molecule has 4 nitrogen and oxygen atoms in total. The number of nitrogens with one attached hydrogen (secondary N) is 1. The van der Waals surface area contributed by atoms with E-state index in [9.17, 15) is 15.0 Å². The summed E-state index contributed by atoms with van der Waals surface area (Å²) in [5.74, 6) is 0.0791. The summed E-state index contributed by atoms with van der Waals surface area (Å²) in [5.41, 5.74) is 0.300. The summed E-state index contributed by atoms with van der Waals surface area (Å²) in [7, 11) is 0. The summed E-state index contributed by atoms with van der Waals surface area (Å²) in [6.45, 7) is 0.560. The molecular weight excluding hydrogens is 230 g/mol. The second-order valence-corrected chi connectivity index (χ2v) is 4.91. The van der Waals surface area contributed by atoms with E-state index >= 15 is 0 Å². The number of para-hydroxylation sites is 1. The average Bonchev–Trinajstić information content (AvgIpc) is 2.37. The van der Waals surface area contributed by atoms with Crippen molar-refractivity contribution in [1.82, 2.24) is 5.32 Å². The predicted molar refractivity (Wildman–Crippen MR) is 68.4 cm³/mol. The van der Waals surface area contributed by atoms with E-state index in [4.69, 9.17) is 0 Å². The molecule has 2 unspecified atom stereocenters. The van der Waals surface area contributed by atoms with Gasteiger partial charge in [-0.05, 0) is 37.3 Å². The molecule has 0 aromatic heterocycles. The normalized spacial score (nSPS) is 23.6. The summed E-state index contributed by atoms with van der Waals surface area (Å²) < 4.78 is 0. The van der Waals surface area contributed by atoms with Crippen molar-refractivity contribution in [3.05, 3.63) is 29.8 Å². The first-order valence-electron chi connectivity index (χ1n) is 6.41. The van der Waals surface area contributed by atoms with E-state index < -0.39 is 0 Å². The Morgan fingerprint density at radius 1 is 1.33 bits per heavy atom. The molecule has 0 saturated heterocycles. The van der Waals surface area contributed by atoms with Crippen LogP contribution in [0.1, 0.15) is 36.0 Å². The minimum Gasteiger partial charge on any atom is -0.507 e. The van der Waals surface area contributed by atoms with E-state index in [1.807, 2.05) is 0 Å². The Labute approximate surface area is 107 Å². The van der Waals surface area contributed by atoms with Crippen molar-refractivity contribution in [3.63, 3.8) is 0 Å². The van der Waals surface area contributed by atoms with E-state index in [-0.39, 0.29) is 17.8 Å². The number of aliphatic hydroxyl groups is 1. The smallest absolute Gasteiger partial charge is 0.255 e. The Bertz CT molecular complexity index is 419. The summed E-state index contributed by atoms with van der Waals surface area (Å²) >= 11 is 0. The van der Waals surface area contributed by atoms with Gasteiger partial charge < -0.3 is 15.5 Å². The van der Waals surface area contributed by atoms with Crippen LogP contribution in [0.25, 0.3) is 0 Å². The lowest BCUT2D eigenvalue weighted by Crippen LogP contribution is -2.32. The minimum absolute atomic E-state index is 0.00122. The van der Waals surface area contributed by atoms with Crippen molar-refractivity contribution in [2.75, 3.05) is 6.54 Å². The lowest BCUT2D eigenvalue weighted by atomic mass is 9.87. The quantitative estimate of drug-likeness (QED) is 0.763. The molecule has 0 heterocycles.